The van der Waals surface area contributed by atoms with Gasteiger partial charge in [-0.1, -0.05) is 0 Å². The normalized spacial score (nSPS) is 26.4. The molecule has 0 heterocycles. The van der Waals surface area contributed by atoms with Gasteiger partial charge in [0.2, 0.25) is 0 Å². The summed E-state index contributed by atoms with van der Waals surface area (Å²) in [7, 11) is 0. The molecule has 6 aliphatic carbocycles. The van der Waals surface area contributed by atoms with Crippen molar-refractivity contribution in [3.63, 3.8) is 0 Å². The Morgan fingerprint density at radius 2 is 1.15 bits per heavy atom. The van der Waals surface area contributed by atoms with Crippen molar-refractivity contribution in [1.82, 2.24) is 0 Å². The average Bonchev–Trinajstić information content (AvgIpc) is 3.46. The van der Waals surface area contributed by atoms with E-state index >= 15 is 0 Å². The van der Waals surface area contributed by atoms with E-state index in [1.807, 2.05) is 3.88 Å². The first-order valence-corrected chi connectivity index (χ1v) is 17.4. The Morgan fingerprint density at radius 3 is 1.56 bits per heavy atom. The Hall–Kier alpha value is -0.916. The van der Waals surface area contributed by atoms with E-state index < -0.39 is 17.4 Å². The van der Waals surface area contributed by atoms with Crippen LogP contribution in [0.15, 0.2) is 58.5 Å². The second-order valence-electron chi connectivity index (χ2n) is 15.0. The second kappa shape index (κ2) is 10.4. The van der Waals surface area contributed by atoms with Gasteiger partial charge in [-0.3, -0.25) is 0 Å². The van der Waals surface area contributed by atoms with Gasteiger partial charge in [-0.15, -0.1) is 0 Å². The van der Waals surface area contributed by atoms with Gasteiger partial charge in [0.15, 0.2) is 0 Å². The molecule has 2 aromatic rings. The summed E-state index contributed by atoms with van der Waals surface area (Å²) in [6.45, 7) is 14.3. The van der Waals surface area contributed by atoms with Crippen LogP contribution in [0.1, 0.15) is 107 Å². The molecule has 0 amide bonds. The van der Waals surface area contributed by atoms with Crippen molar-refractivity contribution < 1.29 is 42.2 Å². The summed E-state index contributed by atoms with van der Waals surface area (Å²) in [4.78, 5) is 0. The molecule has 4 bridgehead atoms. The zero-order valence-electron chi connectivity index (χ0n) is 24.6. The maximum absolute atomic E-state index is 2.66. The number of hydrogen-bond donors (Lipinski definition) is 0. The fourth-order valence-corrected chi connectivity index (χ4v) is 15.3. The van der Waals surface area contributed by atoms with Crippen molar-refractivity contribution in [2.45, 2.75) is 95.1 Å². The van der Waals surface area contributed by atoms with Crippen LogP contribution in [0.4, 0.5) is 0 Å². The van der Waals surface area contributed by atoms with Crippen molar-refractivity contribution >= 4 is 3.81 Å². The topological polar surface area (TPSA) is 0 Å². The van der Waals surface area contributed by atoms with Gasteiger partial charge in [-0.05, 0) is 0 Å². The van der Waals surface area contributed by atoms with Crippen LogP contribution in [0.5, 0.6) is 0 Å². The Balaban J connectivity index is 0.00000154. The number of hydrogen-bond acceptors (Lipinski definition) is 0. The standard InChI is InChI=1S/C21H25.C10H14.C5H5.2ClH.Ti/c1-20(2,3)16-7-9-18-14(12-16)11-15-13-17(21(4,5)6)8-10-19(15)18;1-7-2-9-4-8(1)5-10(3-7)6-9;1-2-4-5-3-1;;;/h7-13H,1-6H3;7-10H,1-5H2;1-3H,4H2;2*1H;/q;;;;;+2/p-2. The van der Waals surface area contributed by atoms with Crippen LogP contribution in [-0.4, -0.2) is 3.81 Å². The van der Waals surface area contributed by atoms with E-state index in [-0.39, 0.29) is 35.6 Å². The molecule has 0 atom stereocenters. The van der Waals surface area contributed by atoms with E-state index in [1.54, 1.807) is 17.5 Å². The largest absolute Gasteiger partial charge is 1.00 e. The van der Waals surface area contributed by atoms with E-state index in [1.165, 1.54) is 54.4 Å². The number of fused-ring (bicyclic) bond motifs is 3. The zero-order valence-corrected chi connectivity index (χ0v) is 27.7. The van der Waals surface area contributed by atoms with Gasteiger partial charge >= 0.3 is 232 Å². The van der Waals surface area contributed by atoms with Crippen LogP contribution in [-0.2, 0) is 28.2 Å². The molecule has 0 radical (unpaired) electrons. The minimum Gasteiger partial charge on any atom is -1.00 e. The average molecular weight is 596 g/mol. The first-order valence-electron chi connectivity index (χ1n) is 15.0. The maximum atomic E-state index is 2.66. The summed E-state index contributed by atoms with van der Waals surface area (Å²) < 4.78 is 4.61. The SMILES string of the molecule is CC(C)(C)c1ccc2c(c1)[CH]([Ti+2]([C]1=CC=CC1)=[C]1C3CC4CC(C3)CC1C4)c1cc(C(C)(C)C)ccc1-2.[Cl-].[Cl-]. The monoisotopic (exact) mass is 594 g/mol. The Bertz CT molecular complexity index is 1280. The van der Waals surface area contributed by atoms with Gasteiger partial charge in [-0.25, -0.2) is 0 Å². The van der Waals surface area contributed by atoms with E-state index in [0.717, 1.165) is 23.7 Å². The Kier molecular flexibility index (Phi) is 7.90. The third kappa shape index (κ3) is 4.94. The van der Waals surface area contributed by atoms with Gasteiger partial charge in [0.05, 0.1) is 0 Å². The van der Waals surface area contributed by atoms with Crippen LogP contribution in [0, 0.1) is 23.7 Å². The van der Waals surface area contributed by atoms with Gasteiger partial charge in [0.1, 0.15) is 0 Å². The van der Waals surface area contributed by atoms with E-state index in [0.29, 0.717) is 4.22 Å². The summed E-state index contributed by atoms with van der Waals surface area (Å²) in [6.07, 6.45) is 16.2. The molecular weight excluding hydrogens is 551 g/mol. The summed E-state index contributed by atoms with van der Waals surface area (Å²) in [5.74, 6) is 3.92. The van der Waals surface area contributed by atoms with E-state index in [2.05, 4.69) is 100.0 Å². The number of allylic oxidation sites excluding steroid dienone is 4. The fourth-order valence-electron chi connectivity index (χ4n) is 8.82. The first kappa shape index (κ1) is 29.6. The van der Waals surface area contributed by atoms with Gasteiger partial charge < -0.3 is 24.8 Å². The summed E-state index contributed by atoms with van der Waals surface area (Å²) in [5.41, 5.74) is 9.79. The van der Waals surface area contributed by atoms with Gasteiger partial charge in [0, 0.05) is 0 Å². The number of halogens is 2. The molecule has 39 heavy (non-hydrogen) atoms. The third-order valence-electron chi connectivity index (χ3n) is 10.5. The predicted octanol–water partition coefficient (Wildman–Crippen LogP) is 3.45. The van der Waals surface area contributed by atoms with E-state index in [9.17, 15) is 0 Å². The van der Waals surface area contributed by atoms with Crippen molar-refractivity contribution in [1.29, 1.82) is 0 Å². The molecule has 0 saturated heterocycles. The number of rotatable bonds is 2. The second-order valence-corrected chi connectivity index (χ2v) is 19.1. The minimum atomic E-state index is -1.81. The number of benzene rings is 2. The summed E-state index contributed by atoms with van der Waals surface area (Å²) in [5, 5.41) is 0. The molecule has 0 aliphatic heterocycles. The predicted molar refractivity (Wildman–Crippen MR) is 155 cm³/mol. The maximum Gasteiger partial charge on any atom is -1.00 e. The van der Waals surface area contributed by atoms with Crippen LogP contribution >= 0.6 is 0 Å². The van der Waals surface area contributed by atoms with Crippen LogP contribution in [0.2, 0.25) is 0 Å². The molecule has 2 aromatic carbocycles. The molecule has 6 aliphatic rings. The summed E-state index contributed by atoms with van der Waals surface area (Å²) in [6, 6.07) is 15.1. The van der Waals surface area contributed by atoms with Crippen LogP contribution in [0.25, 0.3) is 11.1 Å². The smallest absolute Gasteiger partial charge is 1.00 e. The molecule has 206 valence electrons. The first-order chi connectivity index (χ1) is 17.6. The molecular formula is C36H44Cl2Ti. The Labute approximate surface area is 255 Å². The quantitative estimate of drug-likeness (QED) is 0.467. The van der Waals surface area contributed by atoms with Crippen molar-refractivity contribution in [3.05, 3.63) is 80.8 Å². The summed E-state index contributed by atoms with van der Waals surface area (Å²) >= 11 is -1.81. The molecule has 3 heteroatoms. The van der Waals surface area contributed by atoms with Crippen molar-refractivity contribution in [2.24, 2.45) is 23.7 Å². The molecule has 4 saturated carbocycles. The Morgan fingerprint density at radius 1 is 0.667 bits per heavy atom. The third-order valence-corrected chi connectivity index (χ3v) is 16.3. The minimum absolute atomic E-state index is 0. The van der Waals surface area contributed by atoms with Gasteiger partial charge in [-0.2, -0.15) is 0 Å². The molecule has 0 spiro atoms. The van der Waals surface area contributed by atoms with E-state index in [4.69, 9.17) is 0 Å². The van der Waals surface area contributed by atoms with Crippen molar-refractivity contribution in [2.75, 3.05) is 0 Å². The molecule has 0 N–H and O–H groups in total. The van der Waals surface area contributed by atoms with Crippen LogP contribution < -0.4 is 24.8 Å². The zero-order chi connectivity index (χ0) is 25.7. The van der Waals surface area contributed by atoms with Crippen LogP contribution in [0.3, 0.4) is 0 Å². The van der Waals surface area contributed by atoms with Gasteiger partial charge in [0.25, 0.3) is 0 Å². The molecule has 4 fully saturated rings. The van der Waals surface area contributed by atoms with Crippen molar-refractivity contribution in [3.8, 4) is 11.1 Å². The molecule has 0 unspecified atom stereocenters. The molecule has 0 aromatic heterocycles. The molecule has 8 rings (SSSR count). The fraction of sp³-hybridized carbons (Fsp3) is 0.528. The molecule has 0 nitrogen and oxygen atoms in total.